The van der Waals surface area contributed by atoms with E-state index in [0.29, 0.717) is 10.3 Å². The number of primary amides is 1. The van der Waals surface area contributed by atoms with Gasteiger partial charge in [0, 0.05) is 19.7 Å². The van der Waals surface area contributed by atoms with Crippen molar-refractivity contribution in [1.82, 2.24) is 14.3 Å². The number of aromatic hydroxyl groups is 1. The molecule has 0 saturated carbocycles. The minimum Gasteiger partial charge on any atom is -0.494 e. The largest absolute Gasteiger partial charge is 0.494 e. The quantitative estimate of drug-likeness (QED) is 0.531. The van der Waals surface area contributed by atoms with Crippen molar-refractivity contribution in [3.8, 4) is 11.9 Å². The second-order valence-electron chi connectivity index (χ2n) is 6.27. The van der Waals surface area contributed by atoms with Gasteiger partial charge in [-0.25, -0.2) is 9.25 Å². The normalized spacial score (nSPS) is 13.2. The Morgan fingerprint density at radius 2 is 2.03 bits per heavy atom. The number of amides is 1. The molecule has 12 nitrogen and oxygen atoms in total. The highest BCUT2D eigenvalue weighted by Crippen LogP contribution is 2.31. The van der Waals surface area contributed by atoms with Crippen LogP contribution >= 0.6 is 0 Å². The van der Waals surface area contributed by atoms with Crippen LogP contribution in [0.2, 0.25) is 0 Å². The van der Waals surface area contributed by atoms with Crippen LogP contribution in [0.4, 0.5) is 11.5 Å². The average Bonchev–Trinajstić information content (AvgIpc) is 2.93. The summed E-state index contributed by atoms with van der Waals surface area (Å²) in [4.78, 5) is 36.4. The Bertz CT molecular complexity index is 1140. The fourth-order valence-electron chi connectivity index (χ4n) is 2.77. The van der Waals surface area contributed by atoms with E-state index in [1.807, 2.05) is 6.07 Å². The van der Waals surface area contributed by atoms with Gasteiger partial charge < -0.3 is 15.6 Å². The molecule has 2 aromatic rings. The summed E-state index contributed by atoms with van der Waals surface area (Å²) in [5.74, 6) is -1.82. The molecule has 1 unspecified atom stereocenters. The number of carbonyl (C=O) groups excluding carboxylic acids is 2. The number of pyridine rings is 1. The number of nitriles is 1. The summed E-state index contributed by atoms with van der Waals surface area (Å²) in [5.41, 5.74) is 2.15. The SMILES string of the molecule is COC(C)(C=O)n1c(O)c(C(N)=O)c(C)c(N=Nc2c(C#N)c(C)nn2C)c1=O. The van der Waals surface area contributed by atoms with Gasteiger partial charge in [-0.05, 0) is 20.8 Å². The maximum atomic E-state index is 13.0. The first-order chi connectivity index (χ1) is 13.5. The minimum absolute atomic E-state index is 0.0539. The number of hydrogen-bond acceptors (Lipinski definition) is 9. The van der Waals surface area contributed by atoms with Gasteiger partial charge in [0.25, 0.3) is 11.5 Å². The molecule has 0 aliphatic rings. The number of methoxy groups -OCH3 is 1. The lowest BCUT2D eigenvalue weighted by molar-refractivity contribution is -0.138. The summed E-state index contributed by atoms with van der Waals surface area (Å²) in [6.45, 7) is 4.15. The fourth-order valence-corrected chi connectivity index (χ4v) is 2.77. The van der Waals surface area contributed by atoms with Gasteiger partial charge in [-0.15, -0.1) is 10.2 Å². The summed E-state index contributed by atoms with van der Waals surface area (Å²) in [6.07, 6.45) is 0.271. The van der Waals surface area contributed by atoms with Gasteiger partial charge in [0.2, 0.25) is 11.6 Å². The van der Waals surface area contributed by atoms with Crippen molar-refractivity contribution in [3.05, 3.63) is 32.7 Å². The van der Waals surface area contributed by atoms with E-state index in [1.54, 1.807) is 6.92 Å². The third-order valence-corrected chi connectivity index (χ3v) is 4.44. The van der Waals surface area contributed by atoms with Crippen LogP contribution in [0.25, 0.3) is 0 Å². The van der Waals surface area contributed by atoms with Crippen LogP contribution in [-0.4, -0.2) is 38.8 Å². The van der Waals surface area contributed by atoms with Crippen molar-refractivity contribution in [1.29, 1.82) is 5.26 Å². The van der Waals surface area contributed by atoms with E-state index in [-0.39, 0.29) is 28.9 Å². The van der Waals surface area contributed by atoms with E-state index in [0.717, 1.165) is 7.11 Å². The number of nitrogens with zero attached hydrogens (tertiary/aromatic N) is 6. The molecule has 0 radical (unpaired) electrons. The zero-order valence-electron chi connectivity index (χ0n) is 16.4. The van der Waals surface area contributed by atoms with Crippen molar-refractivity contribution >= 4 is 23.7 Å². The number of nitrogens with two attached hydrogens (primary N) is 1. The number of aryl methyl sites for hydroxylation is 2. The monoisotopic (exact) mass is 401 g/mol. The van der Waals surface area contributed by atoms with Crippen molar-refractivity contribution < 1.29 is 19.4 Å². The molecule has 1 atom stereocenters. The molecule has 0 aliphatic heterocycles. The summed E-state index contributed by atoms with van der Waals surface area (Å²) < 4.78 is 6.89. The summed E-state index contributed by atoms with van der Waals surface area (Å²) in [6, 6.07) is 1.94. The molecule has 1 amide bonds. The number of aldehydes is 1. The molecule has 152 valence electrons. The maximum Gasteiger partial charge on any atom is 0.284 e. The first kappa shape index (κ1) is 21.5. The molecule has 0 aliphatic carbocycles. The standard InChI is InChI=1S/C17H19N7O5/c1-8-11(13(19)26)15(27)24(17(3,7-25)29-5)16(28)12(8)20-21-14-10(6-18)9(2)22-23(14)4/h7,27H,1-5H3,(H2,19,26). The van der Waals surface area contributed by atoms with Crippen LogP contribution in [-0.2, 0) is 22.3 Å². The van der Waals surface area contributed by atoms with E-state index in [2.05, 4.69) is 15.3 Å². The average molecular weight is 401 g/mol. The fraction of sp³-hybridized carbons (Fsp3) is 0.353. The second kappa shape index (κ2) is 7.64. The molecule has 0 spiro atoms. The minimum atomic E-state index is -1.94. The Balaban J connectivity index is 2.88. The van der Waals surface area contributed by atoms with E-state index in [4.69, 9.17) is 10.5 Å². The third-order valence-electron chi connectivity index (χ3n) is 4.44. The number of rotatable bonds is 6. The molecule has 2 aromatic heterocycles. The Kier molecular flexibility index (Phi) is 5.65. The Morgan fingerprint density at radius 3 is 2.52 bits per heavy atom. The molecular formula is C17H19N7O5. The molecule has 29 heavy (non-hydrogen) atoms. The van der Waals surface area contributed by atoms with E-state index < -0.39 is 28.6 Å². The lowest BCUT2D eigenvalue weighted by atomic mass is 10.1. The highest BCUT2D eigenvalue weighted by atomic mass is 16.5. The van der Waals surface area contributed by atoms with Crippen LogP contribution in [0, 0.1) is 25.2 Å². The zero-order valence-corrected chi connectivity index (χ0v) is 16.4. The summed E-state index contributed by atoms with van der Waals surface area (Å²) in [5, 5.41) is 31.6. The molecule has 3 N–H and O–H groups in total. The lowest BCUT2D eigenvalue weighted by Gasteiger charge is -2.26. The van der Waals surface area contributed by atoms with Gasteiger partial charge in [-0.3, -0.25) is 14.4 Å². The van der Waals surface area contributed by atoms with Crippen LogP contribution in [0.3, 0.4) is 0 Å². The van der Waals surface area contributed by atoms with Crippen molar-refractivity contribution in [2.45, 2.75) is 26.5 Å². The number of ether oxygens (including phenoxy) is 1. The van der Waals surface area contributed by atoms with Gasteiger partial charge in [0.1, 0.15) is 17.2 Å². The molecule has 2 heterocycles. The summed E-state index contributed by atoms with van der Waals surface area (Å²) in [7, 11) is 2.68. The molecule has 0 saturated heterocycles. The van der Waals surface area contributed by atoms with Crippen LogP contribution in [0.5, 0.6) is 5.88 Å². The number of azo groups is 1. The highest BCUT2D eigenvalue weighted by molar-refractivity contribution is 5.97. The number of carbonyl (C=O) groups is 2. The smallest absolute Gasteiger partial charge is 0.284 e. The Hall–Kier alpha value is -3.85. The molecule has 2 rings (SSSR count). The number of aromatic nitrogens is 3. The topological polar surface area (TPSA) is 178 Å². The van der Waals surface area contributed by atoms with Gasteiger partial charge in [-0.2, -0.15) is 10.4 Å². The highest BCUT2D eigenvalue weighted by Gasteiger charge is 2.34. The van der Waals surface area contributed by atoms with Gasteiger partial charge in [-0.1, -0.05) is 0 Å². The predicted octanol–water partition coefficient (Wildman–Crippen LogP) is 0.808. The molecular weight excluding hydrogens is 382 g/mol. The first-order valence-electron chi connectivity index (χ1n) is 8.19. The van der Waals surface area contributed by atoms with E-state index >= 15 is 0 Å². The number of hydrogen-bond donors (Lipinski definition) is 2. The van der Waals surface area contributed by atoms with Gasteiger partial charge >= 0.3 is 0 Å². The van der Waals surface area contributed by atoms with Gasteiger partial charge in [0.05, 0.1) is 5.69 Å². The van der Waals surface area contributed by atoms with Crippen molar-refractivity contribution in [2.75, 3.05) is 7.11 Å². The van der Waals surface area contributed by atoms with E-state index in [9.17, 15) is 24.8 Å². The molecule has 0 aromatic carbocycles. The Labute approximate surface area is 164 Å². The van der Waals surface area contributed by atoms with E-state index in [1.165, 1.54) is 25.6 Å². The Morgan fingerprint density at radius 1 is 1.41 bits per heavy atom. The molecule has 0 fully saturated rings. The maximum absolute atomic E-state index is 13.0. The first-order valence-corrected chi connectivity index (χ1v) is 8.19. The molecule has 0 bridgehead atoms. The predicted molar refractivity (Wildman–Crippen MR) is 99.2 cm³/mol. The van der Waals surface area contributed by atoms with Gasteiger partial charge in [0.15, 0.2) is 17.8 Å². The second-order valence-corrected chi connectivity index (χ2v) is 6.27. The third kappa shape index (κ3) is 3.39. The molecule has 12 heteroatoms. The zero-order chi connectivity index (χ0) is 22.1. The van der Waals surface area contributed by atoms with Crippen LogP contribution in [0.1, 0.15) is 34.1 Å². The van der Waals surface area contributed by atoms with Crippen molar-refractivity contribution in [3.63, 3.8) is 0 Å². The summed E-state index contributed by atoms with van der Waals surface area (Å²) >= 11 is 0. The van der Waals surface area contributed by atoms with Crippen molar-refractivity contribution in [2.24, 2.45) is 23.0 Å². The van der Waals surface area contributed by atoms with Crippen LogP contribution in [0.15, 0.2) is 15.0 Å². The van der Waals surface area contributed by atoms with Crippen LogP contribution < -0.4 is 11.3 Å². The lowest BCUT2D eigenvalue weighted by Crippen LogP contribution is -2.42.